The van der Waals surface area contributed by atoms with E-state index >= 15 is 0 Å². The number of hydrogen-bond acceptors (Lipinski definition) is 5. The van der Waals surface area contributed by atoms with Gasteiger partial charge in [-0.2, -0.15) is 0 Å². The summed E-state index contributed by atoms with van der Waals surface area (Å²) in [5.74, 6) is 0. The second-order valence-corrected chi connectivity index (χ2v) is 12.7. The van der Waals surface area contributed by atoms with Gasteiger partial charge in [-0.05, 0) is 0 Å². The van der Waals surface area contributed by atoms with Crippen molar-refractivity contribution in [2.24, 2.45) is 0 Å². The Labute approximate surface area is 394 Å². The molecular formula is C30H74Br8N10O3. The summed E-state index contributed by atoms with van der Waals surface area (Å²) in [4.78, 5) is 9.08. The number of nitrogens with one attached hydrogen (secondary N) is 2. The van der Waals surface area contributed by atoms with Crippen molar-refractivity contribution in [3.8, 4) is 0 Å². The van der Waals surface area contributed by atoms with E-state index in [0.717, 1.165) is 78.9 Å². The highest BCUT2D eigenvalue weighted by molar-refractivity contribution is 4.58. The number of nitrogens with two attached hydrogens (primary N) is 6. The van der Waals surface area contributed by atoms with Crippen LogP contribution >= 0.6 is 0 Å². The number of ether oxygens (including phenoxy) is 3. The molecule has 0 atom stereocenters. The van der Waals surface area contributed by atoms with Gasteiger partial charge in [0.25, 0.3) is 0 Å². The van der Waals surface area contributed by atoms with E-state index in [9.17, 15) is 0 Å². The summed E-state index contributed by atoms with van der Waals surface area (Å²) in [5.41, 5.74) is 0. The second-order valence-electron chi connectivity index (χ2n) is 12.7. The van der Waals surface area contributed by atoms with Crippen molar-refractivity contribution >= 4 is 0 Å². The van der Waals surface area contributed by atoms with Crippen LogP contribution in [0.3, 0.4) is 0 Å². The zero-order valence-corrected chi connectivity index (χ0v) is 43.5. The Kier molecular flexibility index (Phi) is 64.2. The summed E-state index contributed by atoms with van der Waals surface area (Å²) in [5, 5.41) is 14.7. The minimum atomic E-state index is 0. The largest absolute Gasteiger partial charge is 1.00 e. The van der Waals surface area contributed by atoms with Crippen LogP contribution in [0, 0.1) is 0 Å². The van der Waals surface area contributed by atoms with Gasteiger partial charge in [-0.1, -0.05) is 0 Å². The Hall–Kier alpha value is 3.32. The maximum absolute atomic E-state index is 5.75. The van der Waals surface area contributed by atoms with Gasteiger partial charge in [0, 0.05) is 39.3 Å². The highest BCUT2D eigenvalue weighted by Gasteiger charge is 2.20. The average molecular weight is 1260 g/mol. The van der Waals surface area contributed by atoms with Crippen molar-refractivity contribution in [2.45, 2.75) is 0 Å². The predicted octanol–water partition coefficient (Wildman–Crippen LogP) is -36.1. The summed E-state index contributed by atoms with van der Waals surface area (Å²) < 4.78 is 17.2. The van der Waals surface area contributed by atoms with Gasteiger partial charge in [-0.3, -0.25) is 9.80 Å². The molecule has 21 heteroatoms. The topological polar surface area (TPSA) is 143 Å². The first kappa shape index (κ1) is 66.1. The zero-order valence-electron chi connectivity index (χ0n) is 30.8. The minimum absolute atomic E-state index is 0. The van der Waals surface area contributed by atoms with Gasteiger partial charge in [0.05, 0.1) is 118 Å². The first-order valence-corrected chi connectivity index (χ1v) is 18.1. The fourth-order valence-electron chi connectivity index (χ4n) is 6.29. The van der Waals surface area contributed by atoms with E-state index in [-0.39, 0.29) is 136 Å². The molecule has 13 nitrogen and oxygen atoms in total. The fraction of sp³-hybridized carbons (Fsp3) is 1.00. The molecule has 3 aliphatic rings. The van der Waals surface area contributed by atoms with Gasteiger partial charge in [-0.25, -0.2) is 0 Å². The maximum atomic E-state index is 5.75. The third-order valence-electron chi connectivity index (χ3n) is 9.19. The third-order valence-corrected chi connectivity index (χ3v) is 9.19. The lowest BCUT2D eigenvalue weighted by Gasteiger charge is -2.28. The molecule has 0 amide bonds. The second kappa shape index (κ2) is 49.5. The number of halogens is 8. The van der Waals surface area contributed by atoms with Crippen molar-refractivity contribution in [1.82, 2.24) is 9.80 Å². The summed E-state index contributed by atoms with van der Waals surface area (Å²) in [6, 6.07) is 0. The minimum Gasteiger partial charge on any atom is -1.00 e. The highest BCUT2D eigenvalue weighted by Crippen LogP contribution is 1.85. The number of quaternary nitrogens is 8. The Morgan fingerprint density at radius 1 is 0.392 bits per heavy atom. The van der Waals surface area contributed by atoms with Gasteiger partial charge in [0.2, 0.25) is 0 Å². The molecule has 0 bridgehead atoms. The van der Waals surface area contributed by atoms with Crippen LogP contribution < -0.4 is 178 Å². The van der Waals surface area contributed by atoms with Crippen LogP contribution in [0.4, 0.5) is 0 Å². The number of rotatable bonds is 9. The molecule has 0 aromatic rings. The molecule has 3 saturated heterocycles. The lowest BCUT2D eigenvalue weighted by molar-refractivity contribution is -0.967. The maximum Gasteiger partial charge on any atom is 0.127 e. The molecule has 51 heavy (non-hydrogen) atoms. The van der Waals surface area contributed by atoms with Crippen molar-refractivity contribution < 1.29 is 192 Å². The average Bonchev–Trinajstić information content (AvgIpc) is 2.99. The molecule has 0 aromatic carbocycles. The number of hydrogen-bond donors (Lipinski definition) is 8. The quantitative estimate of drug-likeness (QED) is 0.116. The van der Waals surface area contributed by atoms with Crippen LogP contribution in [0.25, 0.3) is 0 Å². The Balaban J connectivity index is -0.000000633. The van der Waals surface area contributed by atoms with Crippen molar-refractivity contribution in [2.75, 3.05) is 197 Å². The molecule has 3 rings (SSSR count). The highest BCUT2D eigenvalue weighted by atomic mass is 79.9. The van der Waals surface area contributed by atoms with E-state index in [2.05, 4.69) is 41.7 Å². The zero-order chi connectivity index (χ0) is 29.9. The van der Waals surface area contributed by atoms with Crippen LogP contribution in [-0.2, 0) is 14.2 Å². The molecule has 14 N–H and O–H groups in total. The molecule has 3 fully saturated rings. The first-order valence-electron chi connectivity index (χ1n) is 18.1. The van der Waals surface area contributed by atoms with Gasteiger partial charge in [0.1, 0.15) is 39.3 Å². The predicted molar refractivity (Wildman–Crippen MR) is 166 cm³/mol. The third kappa shape index (κ3) is 38.6. The van der Waals surface area contributed by atoms with Crippen LogP contribution in [0.2, 0.25) is 0 Å². The normalized spacial score (nSPS) is 20.6. The Morgan fingerprint density at radius 2 is 0.686 bits per heavy atom. The van der Waals surface area contributed by atoms with Crippen molar-refractivity contribution in [3.63, 3.8) is 0 Å². The SMILES string of the molecule is C1COCC[NH2+]CCN(CC[NH+](CCN2CC[NH2+]CCOCC[NH2+]CC2)CC[NH+]2CC[NH2+]CCOCC[NH2+]CC2)CC[NH2+]1.[Br-].[Br-].[Br-].[Br-].[Br-].[Br-].[Br-].[Br-]. The Morgan fingerprint density at radius 3 is 1.00 bits per heavy atom. The molecule has 0 spiro atoms. The van der Waals surface area contributed by atoms with E-state index in [1.165, 1.54) is 118 Å². The molecule has 318 valence electrons. The standard InChI is InChI=1S/C30H66N10O3.8BrH/c1-13-37(14-2-32-8-26-41-25-7-31-1)19-22-40(23-20-38-15-3-33-9-27-42-28-10-34-4-16-38)24-21-39-17-5-35-11-29-43-30-12-36-6-18-39;;;;;;;;/h31-36H,1-30H2;8*1H. The van der Waals surface area contributed by atoms with E-state index in [1.54, 1.807) is 9.80 Å². The van der Waals surface area contributed by atoms with E-state index in [1.807, 2.05) is 0 Å². The summed E-state index contributed by atoms with van der Waals surface area (Å²) in [7, 11) is 0. The van der Waals surface area contributed by atoms with Crippen molar-refractivity contribution in [1.29, 1.82) is 0 Å². The molecule has 3 heterocycles. The molecular weight excluding hydrogens is 1190 g/mol. The van der Waals surface area contributed by atoms with Gasteiger partial charge in [-0.15, -0.1) is 0 Å². The smallest absolute Gasteiger partial charge is 0.127 e. The lowest BCUT2D eigenvalue weighted by atomic mass is 10.3. The number of nitrogens with zero attached hydrogens (tertiary/aromatic N) is 2. The lowest BCUT2D eigenvalue weighted by Crippen LogP contribution is -3.23. The molecule has 3 aliphatic heterocycles. The fourth-order valence-corrected chi connectivity index (χ4v) is 6.29. The van der Waals surface area contributed by atoms with Crippen LogP contribution in [0.15, 0.2) is 0 Å². The van der Waals surface area contributed by atoms with E-state index < -0.39 is 0 Å². The molecule has 0 aliphatic carbocycles. The molecule has 0 radical (unpaired) electrons. The van der Waals surface area contributed by atoms with Gasteiger partial charge >= 0.3 is 0 Å². The van der Waals surface area contributed by atoms with Crippen LogP contribution in [0.5, 0.6) is 0 Å². The van der Waals surface area contributed by atoms with Crippen LogP contribution in [-0.4, -0.2) is 207 Å². The molecule has 0 aromatic heterocycles. The molecule has 0 unspecified atom stereocenters. The van der Waals surface area contributed by atoms with Crippen LogP contribution in [0.1, 0.15) is 0 Å². The van der Waals surface area contributed by atoms with Gasteiger partial charge in [0.15, 0.2) is 0 Å². The van der Waals surface area contributed by atoms with E-state index in [0.29, 0.717) is 0 Å². The summed E-state index contributed by atoms with van der Waals surface area (Å²) in [6.07, 6.45) is 0. The summed E-state index contributed by atoms with van der Waals surface area (Å²) in [6.45, 7) is 33.8. The van der Waals surface area contributed by atoms with E-state index in [4.69, 9.17) is 14.2 Å². The van der Waals surface area contributed by atoms with Gasteiger partial charge < -0.3 is 192 Å². The first-order chi connectivity index (χ1) is 21.4. The monoisotopic (exact) mass is 1250 g/mol. The molecule has 0 saturated carbocycles. The summed E-state index contributed by atoms with van der Waals surface area (Å²) >= 11 is 0. The Bertz CT molecular complexity index is 542. The van der Waals surface area contributed by atoms with Crippen molar-refractivity contribution in [3.05, 3.63) is 0 Å².